The molecule has 0 saturated carbocycles. The van der Waals surface area contributed by atoms with E-state index in [9.17, 15) is 5.11 Å². The van der Waals surface area contributed by atoms with E-state index >= 15 is 0 Å². The third kappa shape index (κ3) is 3.60. The highest BCUT2D eigenvalue weighted by Gasteiger charge is 2.03. The first kappa shape index (κ1) is 12.7. The standard InChI is InChI=1S/C16H19NO/c1-13(18)12-17-16-10-6-5-9-15(16)11-14-7-3-2-4-8-14/h2-10,13,17-18H,11-12H2,1H3. The highest BCUT2D eigenvalue weighted by Crippen LogP contribution is 2.18. The number of aliphatic hydroxyl groups excluding tert-OH is 1. The molecule has 0 spiro atoms. The van der Waals surface area contributed by atoms with Crippen LogP contribution in [0.5, 0.6) is 0 Å². The Bertz CT molecular complexity index is 479. The van der Waals surface area contributed by atoms with Crippen molar-refractivity contribution in [1.82, 2.24) is 0 Å². The summed E-state index contributed by atoms with van der Waals surface area (Å²) in [5, 5.41) is 12.6. The average Bonchev–Trinajstić information content (AvgIpc) is 2.39. The molecule has 2 N–H and O–H groups in total. The van der Waals surface area contributed by atoms with E-state index in [0.717, 1.165) is 12.1 Å². The number of rotatable bonds is 5. The van der Waals surface area contributed by atoms with Crippen LogP contribution in [0.25, 0.3) is 0 Å². The lowest BCUT2D eigenvalue weighted by molar-refractivity contribution is 0.208. The molecule has 0 amide bonds. The number of hydrogen-bond donors (Lipinski definition) is 2. The molecule has 2 rings (SSSR count). The van der Waals surface area contributed by atoms with Gasteiger partial charge in [0, 0.05) is 12.2 Å². The van der Waals surface area contributed by atoms with Gasteiger partial charge in [0.1, 0.15) is 0 Å². The van der Waals surface area contributed by atoms with Gasteiger partial charge >= 0.3 is 0 Å². The number of nitrogens with one attached hydrogen (secondary N) is 1. The van der Waals surface area contributed by atoms with Crippen LogP contribution in [-0.4, -0.2) is 17.8 Å². The van der Waals surface area contributed by atoms with E-state index < -0.39 is 0 Å². The van der Waals surface area contributed by atoms with Gasteiger partial charge in [-0.1, -0.05) is 48.5 Å². The zero-order chi connectivity index (χ0) is 12.8. The molecule has 1 unspecified atom stereocenters. The van der Waals surface area contributed by atoms with Crippen molar-refractivity contribution in [3.8, 4) is 0 Å². The van der Waals surface area contributed by atoms with Gasteiger partial charge in [-0.3, -0.25) is 0 Å². The summed E-state index contributed by atoms with van der Waals surface area (Å²) in [6, 6.07) is 18.6. The number of aliphatic hydroxyl groups is 1. The van der Waals surface area contributed by atoms with Gasteiger partial charge < -0.3 is 10.4 Å². The minimum atomic E-state index is -0.338. The van der Waals surface area contributed by atoms with Gasteiger partial charge in [-0.25, -0.2) is 0 Å². The molecule has 0 saturated heterocycles. The van der Waals surface area contributed by atoms with Gasteiger partial charge in [0.25, 0.3) is 0 Å². The van der Waals surface area contributed by atoms with Crippen molar-refractivity contribution in [2.75, 3.05) is 11.9 Å². The second-order valence-corrected chi connectivity index (χ2v) is 4.55. The summed E-state index contributed by atoms with van der Waals surface area (Å²) in [7, 11) is 0. The summed E-state index contributed by atoms with van der Waals surface area (Å²) >= 11 is 0. The van der Waals surface area contributed by atoms with Crippen LogP contribution in [0.4, 0.5) is 5.69 Å². The van der Waals surface area contributed by atoms with Crippen LogP contribution in [0, 0.1) is 0 Å². The van der Waals surface area contributed by atoms with E-state index in [4.69, 9.17) is 0 Å². The van der Waals surface area contributed by atoms with Gasteiger partial charge in [0.05, 0.1) is 6.10 Å². The first-order chi connectivity index (χ1) is 8.75. The Hall–Kier alpha value is -1.80. The van der Waals surface area contributed by atoms with Gasteiger partial charge in [0.15, 0.2) is 0 Å². The topological polar surface area (TPSA) is 32.3 Å². The van der Waals surface area contributed by atoms with Crippen molar-refractivity contribution in [3.63, 3.8) is 0 Å². The maximum Gasteiger partial charge on any atom is 0.0684 e. The number of para-hydroxylation sites is 1. The molecule has 2 heteroatoms. The monoisotopic (exact) mass is 241 g/mol. The lowest BCUT2D eigenvalue weighted by atomic mass is 10.0. The smallest absolute Gasteiger partial charge is 0.0684 e. The highest BCUT2D eigenvalue weighted by atomic mass is 16.3. The summed E-state index contributed by atoms with van der Waals surface area (Å²) in [4.78, 5) is 0. The van der Waals surface area contributed by atoms with Crippen molar-refractivity contribution >= 4 is 5.69 Å². The Morgan fingerprint density at radius 3 is 2.39 bits per heavy atom. The molecule has 2 aromatic carbocycles. The largest absolute Gasteiger partial charge is 0.392 e. The zero-order valence-corrected chi connectivity index (χ0v) is 10.6. The Balaban J connectivity index is 2.12. The molecule has 0 radical (unpaired) electrons. The Morgan fingerprint density at radius 1 is 1.00 bits per heavy atom. The van der Waals surface area contributed by atoms with Crippen LogP contribution in [0.3, 0.4) is 0 Å². The molecule has 1 atom stereocenters. The molecule has 94 valence electrons. The fourth-order valence-corrected chi connectivity index (χ4v) is 1.92. The fraction of sp³-hybridized carbons (Fsp3) is 0.250. The lowest BCUT2D eigenvalue weighted by Crippen LogP contribution is -2.16. The van der Waals surface area contributed by atoms with Gasteiger partial charge in [-0.05, 0) is 30.5 Å². The van der Waals surface area contributed by atoms with Gasteiger partial charge in [-0.2, -0.15) is 0 Å². The molecule has 0 bridgehead atoms. The summed E-state index contributed by atoms with van der Waals surface area (Å²) < 4.78 is 0. The van der Waals surface area contributed by atoms with Gasteiger partial charge in [-0.15, -0.1) is 0 Å². The third-order valence-corrected chi connectivity index (χ3v) is 2.84. The molecule has 18 heavy (non-hydrogen) atoms. The summed E-state index contributed by atoms with van der Waals surface area (Å²) in [5.41, 5.74) is 3.65. The van der Waals surface area contributed by atoms with Crippen molar-refractivity contribution < 1.29 is 5.11 Å². The van der Waals surface area contributed by atoms with E-state index in [2.05, 4.69) is 41.7 Å². The Kier molecular flexibility index (Phi) is 4.37. The van der Waals surface area contributed by atoms with Crippen molar-refractivity contribution in [3.05, 3.63) is 65.7 Å². The van der Waals surface area contributed by atoms with E-state index in [0.29, 0.717) is 6.54 Å². The van der Waals surface area contributed by atoms with Crippen molar-refractivity contribution in [2.24, 2.45) is 0 Å². The SMILES string of the molecule is CC(O)CNc1ccccc1Cc1ccccc1. The summed E-state index contributed by atoms with van der Waals surface area (Å²) in [6.45, 7) is 2.36. The fourth-order valence-electron chi connectivity index (χ4n) is 1.92. The minimum absolute atomic E-state index is 0.338. The Morgan fingerprint density at radius 2 is 1.67 bits per heavy atom. The molecule has 0 heterocycles. The maximum absolute atomic E-state index is 9.33. The van der Waals surface area contributed by atoms with Crippen LogP contribution in [0.1, 0.15) is 18.1 Å². The van der Waals surface area contributed by atoms with E-state index in [-0.39, 0.29) is 6.10 Å². The average molecular weight is 241 g/mol. The van der Waals surface area contributed by atoms with E-state index in [1.165, 1.54) is 11.1 Å². The molecule has 0 aliphatic rings. The predicted octanol–water partition coefficient (Wildman–Crippen LogP) is 3.07. The second-order valence-electron chi connectivity index (χ2n) is 4.55. The van der Waals surface area contributed by atoms with Crippen LogP contribution in [0.15, 0.2) is 54.6 Å². The molecular formula is C16H19NO. The van der Waals surface area contributed by atoms with Crippen molar-refractivity contribution in [2.45, 2.75) is 19.4 Å². The third-order valence-electron chi connectivity index (χ3n) is 2.84. The maximum atomic E-state index is 9.33. The van der Waals surface area contributed by atoms with Crippen LogP contribution in [-0.2, 0) is 6.42 Å². The van der Waals surface area contributed by atoms with Crippen LogP contribution < -0.4 is 5.32 Å². The molecule has 0 aromatic heterocycles. The minimum Gasteiger partial charge on any atom is -0.392 e. The Labute approximate surface area is 108 Å². The van der Waals surface area contributed by atoms with Crippen LogP contribution in [0.2, 0.25) is 0 Å². The number of hydrogen-bond acceptors (Lipinski definition) is 2. The first-order valence-electron chi connectivity index (χ1n) is 6.29. The van der Waals surface area contributed by atoms with E-state index in [1.807, 2.05) is 18.2 Å². The molecule has 0 aliphatic carbocycles. The predicted molar refractivity (Wildman–Crippen MR) is 75.9 cm³/mol. The lowest BCUT2D eigenvalue weighted by Gasteiger charge is -2.13. The molecule has 0 aliphatic heterocycles. The second kappa shape index (κ2) is 6.22. The molecule has 2 aromatic rings. The quantitative estimate of drug-likeness (QED) is 0.843. The molecule has 2 nitrogen and oxygen atoms in total. The van der Waals surface area contributed by atoms with Crippen molar-refractivity contribution in [1.29, 1.82) is 0 Å². The van der Waals surface area contributed by atoms with Crippen LogP contribution >= 0.6 is 0 Å². The number of benzene rings is 2. The summed E-state index contributed by atoms with van der Waals surface area (Å²) in [6.07, 6.45) is 0.568. The van der Waals surface area contributed by atoms with E-state index in [1.54, 1.807) is 6.92 Å². The highest BCUT2D eigenvalue weighted by molar-refractivity contribution is 5.52. The summed E-state index contributed by atoms with van der Waals surface area (Å²) in [5.74, 6) is 0. The molecule has 0 fully saturated rings. The zero-order valence-electron chi connectivity index (χ0n) is 10.6. The molecular weight excluding hydrogens is 222 g/mol. The number of anilines is 1. The first-order valence-corrected chi connectivity index (χ1v) is 6.29. The van der Waals surface area contributed by atoms with Gasteiger partial charge in [0.2, 0.25) is 0 Å². The normalized spacial score (nSPS) is 12.1.